The van der Waals surface area contributed by atoms with E-state index in [1.54, 1.807) is 7.11 Å². The van der Waals surface area contributed by atoms with E-state index in [0.29, 0.717) is 0 Å². The van der Waals surface area contributed by atoms with Gasteiger partial charge < -0.3 is 4.74 Å². The maximum Gasteiger partial charge on any atom is 0.137 e. The molecule has 0 N–H and O–H groups in total. The lowest BCUT2D eigenvalue weighted by Crippen LogP contribution is -2.34. The van der Waals surface area contributed by atoms with Crippen LogP contribution in [0, 0.1) is 0 Å². The van der Waals surface area contributed by atoms with Gasteiger partial charge in [0.2, 0.25) is 0 Å². The van der Waals surface area contributed by atoms with E-state index in [0.717, 1.165) is 10.2 Å². The predicted molar refractivity (Wildman–Crippen MR) is 76.0 cm³/mol. The molecule has 1 aromatic carbocycles. The van der Waals surface area contributed by atoms with Crippen LogP contribution in [-0.2, 0) is 10.8 Å². The van der Waals surface area contributed by atoms with Gasteiger partial charge in [0.1, 0.15) is 5.75 Å². The summed E-state index contributed by atoms with van der Waals surface area (Å²) in [4.78, 5) is 0. The second-order valence-electron chi connectivity index (χ2n) is 6.27. The highest BCUT2D eigenvalue weighted by atomic mass is 79.9. The zero-order valence-electron chi connectivity index (χ0n) is 11.4. The number of hydrogen-bond donors (Lipinski definition) is 0. The SMILES string of the molecule is COc1c(Br)ccc2c1C(C)(C)CCC2(C)C. The van der Waals surface area contributed by atoms with Crippen molar-refractivity contribution in [2.24, 2.45) is 0 Å². The van der Waals surface area contributed by atoms with Crippen molar-refractivity contribution in [1.29, 1.82) is 0 Å². The third-order valence-electron chi connectivity index (χ3n) is 4.09. The van der Waals surface area contributed by atoms with E-state index in [2.05, 4.69) is 55.8 Å². The molecule has 0 spiro atoms. The van der Waals surface area contributed by atoms with Crippen LogP contribution in [0.1, 0.15) is 51.7 Å². The van der Waals surface area contributed by atoms with E-state index < -0.39 is 0 Å². The second kappa shape index (κ2) is 4.01. The van der Waals surface area contributed by atoms with Gasteiger partial charge in [-0.25, -0.2) is 0 Å². The van der Waals surface area contributed by atoms with Crippen LogP contribution in [0.15, 0.2) is 16.6 Å². The molecule has 1 aliphatic carbocycles. The zero-order valence-corrected chi connectivity index (χ0v) is 12.9. The van der Waals surface area contributed by atoms with Crippen molar-refractivity contribution in [2.75, 3.05) is 7.11 Å². The van der Waals surface area contributed by atoms with Crippen molar-refractivity contribution < 1.29 is 4.74 Å². The first-order chi connectivity index (χ1) is 7.79. The van der Waals surface area contributed by atoms with E-state index in [-0.39, 0.29) is 10.8 Å². The number of ether oxygens (including phenoxy) is 1. The fourth-order valence-corrected chi connectivity index (χ4v) is 3.37. The Balaban J connectivity index is 2.76. The number of hydrogen-bond acceptors (Lipinski definition) is 1. The largest absolute Gasteiger partial charge is 0.495 e. The monoisotopic (exact) mass is 296 g/mol. The Morgan fingerprint density at radius 3 is 2.24 bits per heavy atom. The normalized spacial score (nSPS) is 20.8. The first-order valence-electron chi connectivity index (χ1n) is 6.17. The highest BCUT2D eigenvalue weighted by Crippen LogP contribution is 2.51. The summed E-state index contributed by atoms with van der Waals surface area (Å²) in [5.41, 5.74) is 3.26. The quantitative estimate of drug-likeness (QED) is 0.723. The average molecular weight is 297 g/mol. The Kier molecular flexibility index (Phi) is 3.05. The van der Waals surface area contributed by atoms with Crippen molar-refractivity contribution in [3.8, 4) is 5.75 Å². The molecule has 17 heavy (non-hydrogen) atoms. The van der Waals surface area contributed by atoms with Crippen LogP contribution in [0.5, 0.6) is 5.75 Å². The molecule has 0 saturated carbocycles. The fraction of sp³-hybridized carbons (Fsp3) is 0.600. The van der Waals surface area contributed by atoms with Crippen LogP contribution >= 0.6 is 15.9 Å². The van der Waals surface area contributed by atoms with E-state index in [1.165, 1.54) is 24.0 Å². The van der Waals surface area contributed by atoms with E-state index in [4.69, 9.17) is 4.74 Å². The van der Waals surface area contributed by atoms with Crippen molar-refractivity contribution in [3.63, 3.8) is 0 Å². The van der Waals surface area contributed by atoms with Crippen LogP contribution in [0.4, 0.5) is 0 Å². The molecule has 0 fully saturated rings. The van der Waals surface area contributed by atoms with Crippen molar-refractivity contribution >= 4 is 15.9 Å². The molecular weight excluding hydrogens is 276 g/mol. The van der Waals surface area contributed by atoms with Gasteiger partial charge in [-0.2, -0.15) is 0 Å². The fourth-order valence-electron chi connectivity index (χ4n) is 2.88. The standard InChI is InChI=1S/C15H21BrO/c1-14(2)8-9-15(3,4)12-10(14)6-7-11(16)13(12)17-5/h6-7H,8-9H2,1-5H3. The zero-order chi connectivity index (χ0) is 12.8. The summed E-state index contributed by atoms with van der Waals surface area (Å²) in [7, 11) is 1.76. The number of rotatable bonds is 1. The minimum absolute atomic E-state index is 0.194. The van der Waals surface area contributed by atoms with Gasteiger partial charge in [0.25, 0.3) is 0 Å². The predicted octanol–water partition coefficient (Wildman–Crippen LogP) is 4.81. The van der Waals surface area contributed by atoms with Crippen molar-refractivity contribution in [1.82, 2.24) is 0 Å². The Morgan fingerprint density at radius 1 is 1.06 bits per heavy atom. The molecule has 0 saturated heterocycles. The highest BCUT2D eigenvalue weighted by Gasteiger charge is 2.39. The number of fused-ring (bicyclic) bond motifs is 1. The summed E-state index contributed by atoms with van der Waals surface area (Å²) in [6.45, 7) is 9.29. The van der Waals surface area contributed by atoms with Crippen LogP contribution in [0.2, 0.25) is 0 Å². The van der Waals surface area contributed by atoms with Gasteiger partial charge in [0.05, 0.1) is 11.6 Å². The molecule has 0 bridgehead atoms. The molecule has 0 aromatic heterocycles. The van der Waals surface area contributed by atoms with E-state index in [9.17, 15) is 0 Å². The van der Waals surface area contributed by atoms with Crippen LogP contribution in [0.3, 0.4) is 0 Å². The summed E-state index contributed by atoms with van der Waals surface area (Å²) in [5, 5.41) is 0. The molecular formula is C15H21BrO. The Morgan fingerprint density at radius 2 is 1.65 bits per heavy atom. The molecule has 94 valence electrons. The lowest BCUT2D eigenvalue weighted by Gasteiger charge is -2.42. The Bertz CT molecular complexity index is 446. The molecule has 1 aromatic rings. The third-order valence-corrected chi connectivity index (χ3v) is 4.72. The van der Waals surface area contributed by atoms with Gasteiger partial charge >= 0.3 is 0 Å². The first-order valence-corrected chi connectivity index (χ1v) is 6.96. The molecule has 0 atom stereocenters. The second-order valence-corrected chi connectivity index (χ2v) is 7.13. The Hall–Kier alpha value is -0.500. The van der Waals surface area contributed by atoms with Gasteiger partial charge in [-0.05, 0) is 51.2 Å². The maximum absolute atomic E-state index is 5.63. The van der Waals surface area contributed by atoms with Crippen molar-refractivity contribution in [2.45, 2.75) is 51.4 Å². The van der Waals surface area contributed by atoms with E-state index in [1.807, 2.05) is 0 Å². The first kappa shape index (κ1) is 12.9. The maximum atomic E-state index is 5.63. The lowest BCUT2D eigenvalue weighted by atomic mass is 9.63. The molecule has 0 unspecified atom stereocenters. The summed E-state index contributed by atoms with van der Waals surface area (Å²) in [6, 6.07) is 4.36. The molecule has 2 heteroatoms. The minimum Gasteiger partial charge on any atom is -0.495 e. The summed E-state index contributed by atoms with van der Waals surface area (Å²) in [6.07, 6.45) is 2.44. The van der Waals surface area contributed by atoms with Crippen LogP contribution in [0.25, 0.3) is 0 Å². The topological polar surface area (TPSA) is 9.23 Å². The summed E-state index contributed by atoms with van der Waals surface area (Å²) in [5.74, 6) is 1.01. The average Bonchev–Trinajstić information content (AvgIpc) is 2.24. The molecule has 1 aliphatic rings. The Labute approximate surface area is 113 Å². The molecule has 0 radical (unpaired) electrons. The molecule has 0 heterocycles. The summed E-state index contributed by atoms with van der Waals surface area (Å²) < 4.78 is 6.69. The van der Waals surface area contributed by atoms with E-state index >= 15 is 0 Å². The van der Waals surface area contributed by atoms with Crippen LogP contribution < -0.4 is 4.74 Å². The number of halogens is 1. The van der Waals surface area contributed by atoms with Gasteiger partial charge in [0, 0.05) is 5.56 Å². The molecule has 1 nitrogen and oxygen atoms in total. The molecule has 0 amide bonds. The third kappa shape index (κ3) is 2.01. The molecule has 0 aliphatic heterocycles. The lowest BCUT2D eigenvalue weighted by molar-refractivity contribution is 0.311. The number of methoxy groups -OCH3 is 1. The summed E-state index contributed by atoms with van der Waals surface area (Å²) >= 11 is 3.60. The van der Waals surface area contributed by atoms with Gasteiger partial charge in [-0.1, -0.05) is 33.8 Å². The van der Waals surface area contributed by atoms with Crippen molar-refractivity contribution in [3.05, 3.63) is 27.7 Å². The van der Waals surface area contributed by atoms with Gasteiger partial charge in [-0.15, -0.1) is 0 Å². The number of benzene rings is 1. The highest BCUT2D eigenvalue weighted by molar-refractivity contribution is 9.10. The van der Waals surface area contributed by atoms with Crippen LogP contribution in [-0.4, -0.2) is 7.11 Å². The van der Waals surface area contributed by atoms with Gasteiger partial charge in [-0.3, -0.25) is 0 Å². The van der Waals surface area contributed by atoms with Gasteiger partial charge in [0.15, 0.2) is 0 Å². The minimum atomic E-state index is 0.194. The molecule has 2 rings (SSSR count). The smallest absolute Gasteiger partial charge is 0.137 e.